The van der Waals surface area contributed by atoms with Gasteiger partial charge in [0.15, 0.2) is 0 Å². The van der Waals surface area contributed by atoms with E-state index in [0.717, 1.165) is 42.6 Å². The zero-order valence-corrected chi connectivity index (χ0v) is 17.9. The molecule has 30 heavy (non-hydrogen) atoms. The van der Waals surface area contributed by atoms with E-state index in [9.17, 15) is 9.18 Å². The Morgan fingerprint density at radius 3 is 2.53 bits per heavy atom. The predicted octanol–water partition coefficient (Wildman–Crippen LogP) is 3.58. The summed E-state index contributed by atoms with van der Waals surface area (Å²) in [7, 11) is 2.12. The molecule has 3 heterocycles. The molecule has 1 N–H and O–H groups in total. The van der Waals surface area contributed by atoms with Crippen LogP contribution in [0.4, 0.5) is 15.9 Å². The highest BCUT2D eigenvalue weighted by Crippen LogP contribution is 2.23. The van der Waals surface area contributed by atoms with Crippen LogP contribution < -0.4 is 10.2 Å². The number of hydrogen-bond donors (Lipinski definition) is 1. The van der Waals surface area contributed by atoms with Gasteiger partial charge in [0, 0.05) is 32.6 Å². The van der Waals surface area contributed by atoms with Gasteiger partial charge in [0.05, 0.1) is 22.6 Å². The Morgan fingerprint density at radius 2 is 1.87 bits per heavy atom. The Balaban J connectivity index is 1.40. The van der Waals surface area contributed by atoms with Crippen LogP contribution in [0.15, 0.2) is 42.6 Å². The Kier molecular flexibility index (Phi) is 6.06. The molecule has 0 unspecified atom stereocenters. The van der Waals surface area contributed by atoms with Crippen molar-refractivity contribution in [2.45, 2.75) is 13.3 Å². The third-order valence-corrected chi connectivity index (χ3v) is 6.30. The van der Waals surface area contributed by atoms with Crippen LogP contribution in [0.1, 0.15) is 25.9 Å². The molecule has 3 aromatic rings. The van der Waals surface area contributed by atoms with Gasteiger partial charge in [-0.05, 0) is 43.8 Å². The summed E-state index contributed by atoms with van der Waals surface area (Å²) in [5.74, 6) is 0.475. The summed E-state index contributed by atoms with van der Waals surface area (Å²) in [6, 6.07) is 10.2. The van der Waals surface area contributed by atoms with E-state index in [-0.39, 0.29) is 11.7 Å². The van der Waals surface area contributed by atoms with Crippen molar-refractivity contribution in [3.05, 3.63) is 69.6 Å². The number of benzene rings is 1. The molecule has 1 saturated heterocycles. The number of nitrogens with zero attached hydrogens (tertiary/aromatic N) is 4. The van der Waals surface area contributed by atoms with Crippen LogP contribution in [-0.4, -0.2) is 54.0 Å². The second-order valence-electron chi connectivity index (χ2n) is 7.47. The number of amides is 1. The van der Waals surface area contributed by atoms with Crippen molar-refractivity contribution in [2.75, 3.05) is 43.4 Å². The molecule has 0 atom stereocenters. The first-order valence-corrected chi connectivity index (χ1v) is 10.7. The van der Waals surface area contributed by atoms with E-state index in [0.29, 0.717) is 22.7 Å². The maximum Gasteiger partial charge on any atom is 0.267 e. The van der Waals surface area contributed by atoms with Crippen molar-refractivity contribution in [3.8, 4) is 0 Å². The van der Waals surface area contributed by atoms with Crippen LogP contribution in [0, 0.1) is 12.7 Å². The van der Waals surface area contributed by atoms with Gasteiger partial charge in [0.2, 0.25) is 0 Å². The number of nitrogens with one attached hydrogen (secondary N) is 1. The molecule has 1 aromatic carbocycles. The minimum absolute atomic E-state index is 0.190. The Morgan fingerprint density at radius 1 is 1.13 bits per heavy atom. The molecule has 0 spiro atoms. The Bertz CT molecular complexity index is 1010. The van der Waals surface area contributed by atoms with Crippen LogP contribution in [0.2, 0.25) is 0 Å². The quantitative estimate of drug-likeness (QED) is 0.677. The first-order chi connectivity index (χ1) is 14.5. The highest BCUT2D eigenvalue weighted by molar-refractivity contribution is 7.14. The summed E-state index contributed by atoms with van der Waals surface area (Å²) in [6.07, 6.45) is 2.27. The molecular weight excluding hydrogens is 401 g/mol. The first-order valence-electron chi connectivity index (χ1n) is 9.89. The van der Waals surface area contributed by atoms with Crippen molar-refractivity contribution >= 4 is 28.7 Å². The number of aromatic nitrogens is 2. The number of hydrogen-bond acceptors (Lipinski definition) is 6. The van der Waals surface area contributed by atoms with Gasteiger partial charge in [-0.25, -0.2) is 14.4 Å². The van der Waals surface area contributed by atoms with E-state index in [1.54, 1.807) is 18.3 Å². The van der Waals surface area contributed by atoms with Crippen molar-refractivity contribution in [1.82, 2.24) is 14.9 Å². The predicted molar refractivity (Wildman–Crippen MR) is 118 cm³/mol. The van der Waals surface area contributed by atoms with Gasteiger partial charge in [0.1, 0.15) is 16.5 Å². The molecule has 6 nitrogen and oxygen atoms in total. The molecule has 0 aliphatic carbocycles. The van der Waals surface area contributed by atoms with Crippen LogP contribution >= 0.6 is 11.3 Å². The second kappa shape index (κ2) is 8.89. The largest absolute Gasteiger partial charge is 0.354 e. The van der Waals surface area contributed by atoms with E-state index >= 15 is 0 Å². The van der Waals surface area contributed by atoms with Gasteiger partial charge < -0.3 is 15.1 Å². The van der Waals surface area contributed by atoms with Crippen molar-refractivity contribution in [2.24, 2.45) is 0 Å². The molecule has 2 aromatic heterocycles. The van der Waals surface area contributed by atoms with E-state index in [1.807, 2.05) is 19.1 Å². The number of pyridine rings is 1. The van der Waals surface area contributed by atoms with Crippen LogP contribution in [0.5, 0.6) is 0 Å². The highest BCUT2D eigenvalue weighted by Gasteiger charge is 2.17. The lowest BCUT2D eigenvalue weighted by atomic mass is 10.1. The number of rotatable bonds is 5. The zero-order valence-electron chi connectivity index (χ0n) is 17.1. The molecule has 0 radical (unpaired) electrons. The van der Waals surface area contributed by atoms with E-state index < -0.39 is 0 Å². The topological polar surface area (TPSA) is 61.4 Å². The molecule has 8 heteroatoms. The number of carbonyl (C=O) groups is 1. The van der Waals surface area contributed by atoms with E-state index in [2.05, 4.69) is 32.1 Å². The smallest absolute Gasteiger partial charge is 0.267 e. The molecule has 1 amide bonds. The number of anilines is 2. The summed E-state index contributed by atoms with van der Waals surface area (Å²) in [5.41, 5.74) is 2.31. The fourth-order valence-electron chi connectivity index (χ4n) is 3.39. The van der Waals surface area contributed by atoms with Gasteiger partial charge >= 0.3 is 0 Å². The molecule has 1 aliphatic heterocycles. The fraction of sp³-hybridized carbons (Fsp3) is 0.318. The Hall–Kier alpha value is -2.84. The maximum atomic E-state index is 13.1. The van der Waals surface area contributed by atoms with Crippen molar-refractivity contribution < 1.29 is 9.18 Å². The number of likely N-dealkylation sites (N-methyl/N-ethyl adjacent to an activating group) is 1. The number of carbonyl (C=O) groups excluding carboxylic acids is 1. The zero-order chi connectivity index (χ0) is 21.1. The molecule has 0 bridgehead atoms. The van der Waals surface area contributed by atoms with Gasteiger partial charge in [-0.2, -0.15) is 0 Å². The average molecular weight is 426 g/mol. The summed E-state index contributed by atoms with van der Waals surface area (Å²) in [6.45, 7) is 5.77. The second-order valence-corrected chi connectivity index (χ2v) is 8.56. The summed E-state index contributed by atoms with van der Waals surface area (Å²) < 4.78 is 13.1. The Labute approximate surface area is 179 Å². The lowest BCUT2D eigenvalue weighted by molar-refractivity contribution is 0.102. The standard InChI is InChI=1S/C22H24FN5OS/c1-15-21(30-20(25-15)13-16-3-5-17(23)6-4-16)22(29)26-18-7-8-19(24-14-18)28-11-9-27(2)10-12-28/h3-8,14H,9-13H2,1-2H3,(H,26,29). The highest BCUT2D eigenvalue weighted by atomic mass is 32.1. The van der Waals surface area contributed by atoms with Gasteiger partial charge in [-0.15, -0.1) is 11.3 Å². The third-order valence-electron chi connectivity index (χ3n) is 5.15. The third kappa shape index (κ3) is 4.83. The molecule has 156 valence electrons. The minimum atomic E-state index is -0.263. The normalized spacial score (nSPS) is 14.7. The van der Waals surface area contributed by atoms with Crippen LogP contribution in [-0.2, 0) is 6.42 Å². The first kappa shape index (κ1) is 20.4. The number of aryl methyl sites for hydroxylation is 1. The molecule has 0 saturated carbocycles. The average Bonchev–Trinajstić information content (AvgIpc) is 3.11. The molecule has 1 aliphatic rings. The van der Waals surface area contributed by atoms with Gasteiger partial charge in [-0.3, -0.25) is 4.79 Å². The molecular formula is C22H24FN5OS. The van der Waals surface area contributed by atoms with Crippen LogP contribution in [0.25, 0.3) is 0 Å². The van der Waals surface area contributed by atoms with Crippen molar-refractivity contribution in [1.29, 1.82) is 0 Å². The number of thiazole rings is 1. The molecule has 4 rings (SSSR count). The fourth-order valence-corrected chi connectivity index (χ4v) is 4.38. The van der Waals surface area contributed by atoms with Gasteiger partial charge in [0.25, 0.3) is 5.91 Å². The van der Waals surface area contributed by atoms with Crippen molar-refractivity contribution in [3.63, 3.8) is 0 Å². The van der Waals surface area contributed by atoms with Crippen LogP contribution in [0.3, 0.4) is 0 Å². The van der Waals surface area contributed by atoms with E-state index in [4.69, 9.17) is 0 Å². The SMILES string of the molecule is Cc1nc(Cc2ccc(F)cc2)sc1C(=O)Nc1ccc(N2CCN(C)CC2)nc1. The lowest BCUT2D eigenvalue weighted by Crippen LogP contribution is -2.44. The summed E-state index contributed by atoms with van der Waals surface area (Å²) >= 11 is 1.36. The summed E-state index contributed by atoms with van der Waals surface area (Å²) in [4.78, 5) is 26.9. The maximum absolute atomic E-state index is 13.1. The van der Waals surface area contributed by atoms with Gasteiger partial charge in [-0.1, -0.05) is 12.1 Å². The van der Waals surface area contributed by atoms with E-state index in [1.165, 1.54) is 23.5 Å². The lowest BCUT2D eigenvalue weighted by Gasteiger charge is -2.33. The number of halogens is 1. The summed E-state index contributed by atoms with van der Waals surface area (Å²) in [5, 5.41) is 3.74. The minimum Gasteiger partial charge on any atom is -0.354 e. The number of piperazine rings is 1. The molecule has 1 fully saturated rings. The monoisotopic (exact) mass is 425 g/mol.